The van der Waals surface area contributed by atoms with E-state index in [1.807, 2.05) is 0 Å². The maximum Gasteiger partial charge on any atom is 0.407 e. The lowest BCUT2D eigenvalue weighted by Gasteiger charge is -2.67. The first-order valence-electron chi connectivity index (χ1n) is 25.2. The minimum Gasteiger partial charge on any atom is -0.456 e. The van der Waals surface area contributed by atoms with Gasteiger partial charge in [0.05, 0.1) is 42.3 Å². The number of Topliss-reactive ketones (excluding diaryl/α,β-unsaturated/α-hetero) is 1. The molecule has 14 atom stereocenters. The Bertz CT molecular complexity index is 2470. The number of hydrogen-bond donors (Lipinski definition) is 5. The number of aliphatic hydroxyl groups excluding tert-OH is 2. The highest BCUT2D eigenvalue weighted by Gasteiger charge is 2.78. The normalized spacial score (nSPS) is 33.5. The highest BCUT2D eigenvalue weighted by molar-refractivity contribution is 5.96. The van der Waals surface area contributed by atoms with Gasteiger partial charge < -0.3 is 54.4 Å². The molecule has 1 aromatic rings. The SMILES string of the molecule is CC(=O)O[C@H]1C(=O)[C@@]2(C)[C@H]([C@H](OC(=O)c3ccccc3)[C@]3(O)C[C@H](OC(=O)[C@H](O)[C@H](C=C(C)C)NC(=O)/C=C/CCCNC(=O)OCC4[C@H]5CCC#CCC[C@@H]45)C(C)=C1C3(C)C)[C@]1(OC(C)=O)CO[C@H]1C[C@@H]2O. The topological polar surface area (TPSA) is 260 Å². The molecule has 2 amide bonds. The van der Waals surface area contributed by atoms with Crippen LogP contribution in [0.5, 0.6) is 0 Å². The molecule has 1 heterocycles. The van der Waals surface area contributed by atoms with E-state index in [-0.39, 0.29) is 29.7 Å². The molecule has 7 rings (SSSR count). The number of unbranched alkanes of at least 4 members (excludes halogenated alkanes) is 1. The van der Waals surface area contributed by atoms with Crippen LogP contribution in [0, 0.1) is 46.3 Å². The third-order valence-corrected chi connectivity index (χ3v) is 16.2. The predicted octanol–water partition coefficient (Wildman–Crippen LogP) is 4.52. The lowest BCUT2D eigenvalue weighted by atomic mass is 9.44. The average molecular weight is 1020 g/mol. The first-order chi connectivity index (χ1) is 34.5. The second kappa shape index (κ2) is 21.9. The number of aliphatic hydroxyl groups is 3. The van der Waals surface area contributed by atoms with Crippen molar-refractivity contribution >= 4 is 41.7 Å². The van der Waals surface area contributed by atoms with Gasteiger partial charge in [-0.2, -0.15) is 0 Å². The number of rotatable bonds is 16. The summed E-state index contributed by atoms with van der Waals surface area (Å²) in [4.78, 5) is 95.8. The van der Waals surface area contributed by atoms with E-state index < -0.39 is 119 Å². The summed E-state index contributed by atoms with van der Waals surface area (Å²) in [5, 5.41) is 42.8. The number of esters is 4. The molecule has 0 aromatic heterocycles. The molecular weight excluding hydrogens is 945 g/mol. The van der Waals surface area contributed by atoms with Gasteiger partial charge in [0.2, 0.25) is 5.91 Å². The summed E-state index contributed by atoms with van der Waals surface area (Å²) >= 11 is 0. The zero-order chi connectivity index (χ0) is 53.2. The minimum atomic E-state index is -2.41. The van der Waals surface area contributed by atoms with Crippen molar-refractivity contribution in [3.63, 3.8) is 0 Å². The second-order valence-electron chi connectivity index (χ2n) is 21.4. The van der Waals surface area contributed by atoms with E-state index in [2.05, 4.69) is 22.5 Å². The number of allylic oxidation sites excluding steroid dienone is 2. The summed E-state index contributed by atoms with van der Waals surface area (Å²) in [5.41, 5.74) is -7.11. The largest absolute Gasteiger partial charge is 0.456 e. The van der Waals surface area contributed by atoms with E-state index in [0.717, 1.165) is 39.5 Å². The van der Waals surface area contributed by atoms with E-state index in [4.69, 9.17) is 28.4 Å². The summed E-state index contributed by atoms with van der Waals surface area (Å²) in [5.74, 6) is 0.869. The highest BCUT2D eigenvalue weighted by Crippen LogP contribution is 2.64. The number of carbonyl (C=O) groups excluding carboxylic acids is 7. The molecule has 1 unspecified atom stereocenters. The van der Waals surface area contributed by atoms with E-state index >= 15 is 4.79 Å². The van der Waals surface area contributed by atoms with Crippen molar-refractivity contribution in [1.29, 1.82) is 0 Å². The molecule has 2 bridgehead atoms. The fourth-order valence-electron chi connectivity index (χ4n) is 12.3. The average Bonchev–Trinajstić information content (AvgIpc) is 3.97. The molecule has 0 spiro atoms. The summed E-state index contributed by atoms with van der Waals surface area (Å²) in [6.45, 7) is 12.0. The molecule has 4 fully saturated rings. The van der Waals surface area contributed by atoms with Gasteiger partial charge in [0.15, 0.2) is 23.6 Å². The van der Waals surface area contributed by atoms with Crippen LogP contribution in [-0.4, -0.2) is 131 Å². The number of carbonyl (C=O) groups is 7. The molecule has 5 aliphatic carbocycles. The van der Waals surface area contributed by atoms with E-state index in [1.165, 1.54) is 38.1 Å². The van der Waals surface area contributed by atoms with Crippen LogP contribution in [0.15, 0.2) is 65.3 Å². The molecule has 1 saturated heterocycles. The zero-order valence-corrected chi connectivity index (χ0v) is 42.9. The van der Waals surface area contributed by atoms with Crippen LogP contribution >= 0.6 is 0 Å². The van der Waals surface area contributed by atoms with E-state index in [0.29, 0.717) is 49.3 Å². The molecule has 73 heavy (non-hydrogen) atoms. The molecule has 1 aliphatic heterocycles. The van der Waals surface area contributed by atoms with E-state index in [1.54, 1.807) is 52.0 Å². The Morgan fingerprint density at radius 3 is 2.22 bits per heavy atom. The fraction of sp³-hybridized carbons (Fsp3) is 0.618. The number of fused-ring (bicyclic) bond motifs is 6. The van der Waals surface area contributed by atoms with Gasteiger partial charge in [-0.25, -0.2) is 14.4 Å². The van der Waals surface area contributed by atoms with Gasteiger partial charge in [0, 0.05) is 51.5 Å². The Hall–Kier alpha value is -5.87. The number of hydrogen-bond acceptors (Lipinski definition) is 16. The Morgan fingerprint density at radius 2 is 1.62 bits per heavy atom. The molecule has 18 heteroatoms. The van der Waals surface area contributed by atoms with Crippen molar-refractivity contribution in [2.45, 2.75) is 161 Å². The molecule has 18 nitrogen and oxygen atoms in total. The lowest BCUT2D eigenvalue weighted by molar-refractivity contribution is -0.346. The van der Waals surface area contributed by atoms with Crippen molar-refractivity contribution in [2.24, 2.45) is 34.5 Å². The number of amides is 2. The highest BCUT2D eigenvalue weighted by atomic mass is 16.6. The van der Waals surface area contributed by atoms with Crippen LogP contribution in [0.1, 0.15) is 117 Å². The van der Waals surface area contributed by atoms with Crippen LogP contribution in [0.4, 0.5) is 4.79 Å². The summed E-state index contributed by atoms with van der Waals surface area (Å²) < 4.78 is 35.8. The Balaban J connectivity index is 1.12. The predicted molar refractivity (Wildman–Crippen MR) is 260 cm³/mol. The van der Waals surface area contributed by atoms with Gasteiger partial charge in [-0.3, -0.25) is 19.2 Å². The third kappa shape index (κ3) is 10.9. The van der Waals surface area contributed by atoms with Gasteiger partial charge in [-0.1, -0.05) is 49.8 Å². The number of alkyl carbamates (subject to hydrolysis) is 1. The summed E-state index contributed by atoms with van der Waals surface area (Å²) in [7, 11) is 0. The van der Waals surface area contributed by atoms with Crippen LogP contribution in [0.3, 0.4) is 0 Å². The monoisotopic (exact) mass is 1010 g/mol. The van der Waals surface area contributed by atoms with Crippen LogP contribution in [-0.2, 0) is 52.4 Å². The van der Waals surface area contributed by atoms with Crippen LogP contribution in [0.2, 0.25) is 0 Å². The van der Waals surface area contributed by atoms with E-state index in [9.17, 15) is 44.1 Å². The molecule has 0 radical (unpaired) electrons. The maximum absolute atomic E-state index is 15.5. The van der Waals surface area contributed by atoms with Crippen molar-refractivity contribution in [2.75, 3.05) is 19.8 Å². The smallest absolute Gasteiger partial charge is 0.407 e. The van der Waals surface area contributed by atoms with Crippen molar-refractivity contribution in [3.05, 3.63) is 70.8 Å². The number of ketones is 1. The first kappa shape index (κ1) is 54.9. The van der Waals surface area contributed by atoms with Gasteiger partial charge >= 0.3 is 30.0 Å². The lowest BCUT2D eigenvalue weighted by Crippen LogP contribution is -2.82. The Morgan fingerprint density at radius 1 is 0.945 bits per heavy atom. The van der Waals surface area contributed by atoms with Gasteiger partial charge in [-0.15, -0.1) is 11.8 Å². The third-order valence-electron chi connectivity index (χ3n) is 16.2. The molecule has 6 aliphatic rings. The van der Waals surface area contributed by atoms with Gasteiger partial charge in [0.25, 0.3) is 0 Å². The van der Waals surface area contributed by atoms with Crippen molar-refractivity contribution < 1.29 is 77.3 Å². The maximum atomic E-state index is 15.5. The zero-order valence-electron chi connectivity index (χ0n) is 42.9. The molecule has 396 valence electrons. The Kier molecular flexibility index (Phi) is 16.5. The Labute approximate surface area is 426 Å². The fourth-order valence-corrected chi connectivity index (χ4v) is 12.3. The number of nitrogens with one attached hydrogen (secondary N) is 2. The standard InChI is InChI=1S/C55H70N2O16/c1-30(2)25-38(57-42(61)23-17-12-18-24-56-51(66)68-28-37-35-21-15-9-10-16-22-36(35)37)44(62)50(65)71-39-27-55(67)48(72-49(64)34-19-13-11-14-20-34)46-53(8,40(60)26-41-54(46,29-69-41)73-33(5)59)47(63)45(70-32(4)58)43(31(39)3)52(55,6)7/h11,13-14,17,19-20,23,25,35-41,44-46,48,60,62,67H,12,15-16,18,21-22,24,26-29H2,1-8H3,(H,56,66)(H,57,61)/b23-17+/t35-,36+,37?,38-,39-,40-,41-,44+,45+,46-,48-,53+,54-,55+/m0/s1. The quantitative estimate of drug-likeness (QED) is 0.0381. The molecule has 5 N–H and O–H groups in total. The molecule has 3 saturated carbocycles. The first-order valence-corrected chi connectivity index (χ1v) is 25.2. The van der Waals surface area contributed by atoms with Crippen LogP contribution in [0.25, 0.3) is 0 Å². The van der Waals surface area contributed by atoms with Crippen molar-refractivity contribution in [3.8, 4) is 11.8 Å². The second-order valence-corrected chi connectivity index (χ2v) is 21.4. The molecule has 1 aromatic carbocycles. The van der Waals surface area contributed by atoms with Crippen molar-refractivity contribution in [1.82, 2.24) is 10.6 Å². The van der Waals surface area contributed by atoms with Crippen LogP contribution < -0.4 is 10.6 Å². The molecular formula is C55H70N2O16. The summed E-state index contributed by atoms with van der Waals surface area (Å²) in [6.07, 6.45) is -2.11. The minimum absolute atomic E-state index is 0.0152. The summed E-state index contributed by atoms with van der Waals surface area (Å²) in [6, 6.07) is 6.49. The van der Waals surface area contributed by atoms with Gasteiger partial charge in [-0.05, 0) is 100 Å². The number of benzene rings is 1. The number of ether oxygens (including phenoxy) is 6. The van der Waals surface area contributed by atoms with Gasteiger partial charge in [0.1, 0.15) is 23.9 Å².